The maximum Gasteiger partial charge on any atom is 0.317 e. The lowest BCUT2D eigenvalue weighted by atomic mass is 9.96. The second kappa shape index (κ2) is 4.21. The summed E-state index contributed by atoms with van der Waals surface area (Å²) in [6.45, 7) is 0. The number of methoxy groups -OCH3 is 2. The van der Waals surface area contributed by atoms with Crippen LogP contribution in [0.15, 0.2) is 0 Å². The number of ketones is 1. The minimum atomic E-state index is -0.965. The quantitative estimate of drug-likeness (QED) is 0.461. The Hall–Kier alpha value is -1.39. The van der Waals surface area contributed by atoms with Gasteiger partial charge in [-0.05, 0) is 6.42 Å². The summed E-state index contributed by atoms with van der Waals surface area (Å²) in [5.41, 5.74) is 0. The SMILES string of the molecule is COC(=O)C1CCC(=O)C1C(=O)OC. The molecule has 0 radical (unpaired) electrons. The van der Waals surface area contributed by atoms with Crippen LogP contribution < -0.4 is 0 Å². The number of esters is 2. The standard InChI is InChI=1S/C9H12O5/c1-13-8(11)5-3-4-6(10)7(5)9(12)14-2/h5,7H,3-4H2,1-2H3. The number of carbonyl (C=O) groups excluding carboxylic acids is 3. The highest BCUT2D eigenvalue weighted by Gasteiger charge is 2.45. The molecule has 14 heavy (non-hydrogen) atoms. The fourth-order valence-electron chi connectivity index (χ4n) is 1.67. The maximum atomic E-state index is 11.3. The summed E-state index contributed by atoms with van der Waals surface area (Å²) in [4.78, 5) is 33.7. The van der Waals surface area contributed by atoms with E-state index in [1.165, 1.54) is 14.2 Å². The molecule has 0 aromatic heterocycles. The van der Waals surface area contributed by atoms with Crippen LogP contribution in [0.2, 0.25) is 0 Å². The van der Waals surface area contributed by atoms with E-state index >= 15 is 0 Å². The van der Waals surface area contributed by atoms with Crippen molar-refractivity contribution in [1.29, 1.82) is 0 Å². The molecule has 0 N–H and O–H groups in total. The first-order valence-corrected chi connectivity index (χ1v) is 4.30. The van der Waals surface area contributed by atoms with Gasteiger partial charge in [0.15, 0.2) is 0 Å². The van der Waals surface area contributed by atoms with Crippen molar-refractivity contribution in [3.63, 3.8) is 0 Å². The van der Waals surface area contributed by atoms with E-state index in [1.54, 1.807) is 0 Å². The molecule has 0 aliphatic heterocycles. The smallest absolute Gasteiger partial charge is 0.317 e. The van der Waals surface area contributed by atoms with Crippen LogP contribution in [0.3, 0.4) is 0 Å². The van der Waals surface area contributed by atoms with E-state index in [4.69, 9.17) is 0 Å². The number of hydrogen-bond acceptors (Lipinski definition) is 5. The summed E-state index contributed by atoms with van der Waals surface area (Å²) in [7, 11) is 2.43. The van der Waals surface area contributed by atoms with Crippen LogP contribution in [0.1, 0.15) is 12.8 Å². The third-order valence-corrected chi connectivity index (χ3v) is 2.41. The first-order valence-electron chi connectivity index (χ1n) is 4.30. The Bertz CT molecular complexity index is 270. The van der Waals surface area contributed by atoms with Crippen molar-refractivity contribution in [3.8, 4) is 0 Å². The summed E-state index contributed by atoms with van der Waals surface area (Å²) in [6, 6.07) is 0. The highest BCUT2D eigenvalue weighted by atomic mass is 16.5. The molecule has 78 valence electrons. The Labute approximate surface area is 81.4 Å². The van der Waals surface area contributed by atoms with Gasteiger partial charge in [-0.3, -0.25) is 14.4 Å². The van der Waals surface area contributed by atoms with Crippen LogP contribution in [0.5, 0.6) is 0 Å². The van der Waals surface area contributed by atoms with Gasteiger partial charge in [-0.2, -0.15) is 0 Å². The largest absolute Gasteiger partial charge is 0.469 e. The number of Topliss-reactive ketones (excluding diaryl/α,β-unsaturated/α-hetero) is 1. The zero-order valence-corrected chi connectivity index (χ0v) is 8.11. The van der Waals surface area contributed by atoms with Crippen LogP contribution in [0.4, 0.5) is 0 Å². The van der Waals surface area contributed by atoms with Gasteiger partial charge in [0, 0.05) is 6.42 Å². The summed E-state index contributed by atoms with van der Waals surface area (Å²) < 4.78 is 8.97. The number of rotatable bonds is 2. The second-order valence-corrected chi connectivity index (χ2v) is 3.14. The molecule has 2 unspecified atom stereocenters. The molecular formula is C9H12O5. The van der Waals surface area contributed by atoms with E-state index in [9.17, 15) is 14.4 Å². The average Bonchev–Trinajstić information content (AvgIpc) is 2.58. The Morgan fingerprint density at radius 3 is 2.29 bits per heavy atom. The molecule has 1 aliphatic carbocycles. The van der Waals surface area contributed by atoms with Gasteiger partial charge >= 0.3 is 11.9 Å². The fourth-order valence-corrected chi connectivity index (χ4v) is 1.67. The highest BCUT2D eigenvalue weighted by molar-refractivity contribution is 6.04. The molecule has 5 nitrogen and oxygen atoms in total. The van der Waals surface area contributed by atoms with Gasteiger partial charge in [-0.25, -0.2) is 0 Å². The Morgan fingerprint density at radius 1 is 1.21 bits per heavy atom. The van der Waals surface area contributed by atoms with E-state index in [1.807, 2.05) is 0 Å². The lowest BCUT2D eigenvalue weighted by Crippen LogP contribution is -2.31. The minimum absolute atomic E-state index is 0.236. The molecule has 0 spiro atoms. The molecule has 0 aromatic carbocycles. The summed E-state index contributed by atoms with van der Waals surface area (Å²) in [5, 5.41) is 0. The minimum Gasteiger partial charge on any atom is -0.469 e. The first-order chi connectivity index (χ1) is 6.61. The third kappa shape index (κ3) is 1.76. The predicted molar refractivity (Wildman–Crippen MR) is 45.3 cm³/mol. The van der Waals surface area contributed by atoms with Crippen molar-refractivity contribution in [1.82, 2.24) is 0 Å². The molecule has 0 bridgehead atoms. The zero-order valence-electron chi connectivity index (χ0n) is 8.11. The van der Waals surface area contributed by atoms with Crippen molar-refractivity contribution in [2.45, 2.75) is 12.8 Å². The highest BCUT2D eigenvalue weighted by Crippen LogP contribution is 2.30. The first kappa shape index (κ1) is 10.7. The monoisotopic (exact) mass is 200 g/mol. The molecule has 1 saturated carbocycles. The van der Waals surface area contributed by atoms with Crippen LogP contribution >= 0.6 is 0 Å². The molecule has 0 saturated heterocycles. The summed E-state index contributed by atoms with van der Waals surface area (Å²) in [5.74, 6) is -3.05. The fraction of sp³-hybridized carbons (Fsp3) is 0.667. The van der Waals surface area contributed by atoms with Gasteiger partial charge in [0.05, 0.1) is 20.1 Å². The topological polar surface area (TPSA) is 69.7 Å². The Kier molecular flexibility index (Phi) is 3.22. The van der Waals surface area contributed by atoms with Crippen LogP contribution in [0, 0.1) is 11.8 Å². The van der Waals surface area contributed by atoms with E-state index in [2.05, 4.69) is 9.47 Å². The second-order valence-electron chi connectivity index (χ2n) is 3.14. The molecule has 1 fully saturated rings. The van der Waals surface area contributed by atoms with E-state index < -0.39 is 23.8 Å². The van der Waals surface area contributed by atoms with Gasteiger partial charge in [-0.15, -0.1) is 0 Å². The normalized spacial score (nSPS) is 26.0. The molecule has 0 heterocycles. The lowest BCUT2D eigenvalue weighted by Gasteiger charge is -2.13. The summed E-state index contributed by atoms with van der Waals surface area (Å²) >= 11 is 0. The van der Waals surface area contributed by atoms with E-state index in [-0.39, 0.29) is 12.2 Å². The molecule has 1 aliphatic rings. The van der Waals surface area contributed by atoms with Crippen molar-refractivity contribution in [3.05, 3.63) is 0 Å². The molecule has 0 amide bonds. The van der Waals surface area contributed by atoms with Crippen LogP contribution in [-0.2, 0) is 23.9 Å². The van der Waals surface area contributed by atoms with Gasteiger partial charge in [-0.1, -0.05) is 0 Å². The van der Waals surface area contributed by atoms with Crippen molar-refractivity contribution in [2.24, 2.45) is 11.8 Å². The maximum absolute atomic E-state index is 11.3. The molecule has 0 aromatic rings. The van der Waals surface area contributed by atoms with Crippen molar-refractivity contribution >= 4 is 17.7 Å². The molecular weight excluding hydrogens is 188 g/mol. The van der Waals surface area contributed by atoms with Gasteiger partial charge in [0.1, 0.15) is 11.7 Å². The Balaban J connectivity index is 2.81. The van der Waals surface area contributed by atoms with Crippen molar-refractivity contribution < 1.29 is 23.9 Å². The third-order valence-electron chi connectivity index (χ3n) is 2.41. The summed E-state index contributed by atoms with van der Waals surface area (Å²) in [6.07, 6.45) is 0.602. The molecule has 1 rings (SSSR count). The number of ether oxygens (including phenoxy) is 2. The Morgan fingerprint density at radius 2 is 1.79 bits per heavy atom. The van der Waals surface area contributed by atoms with Gasteiger partial charge < -0.3 is 9.47 Å². The lowest BCUT2D eigenvalue weighted by molar-refractivity contribution is -0.158. The predicted octanol–water partition coefficient (Wildman–Crippen LogP) is -0.0723. The van der Waals surface area contributed by atoms with Gasteiger partial charge in [0.25, 0.3) is 0 Å². The van der Waals surface area contributed by atoms with Crippen molar-refractivity contribution in [2.75, 3.05) is 14.2 Å². The number of carbonyl (C=O) groups is 3. The number of hydrogen-bond donors (Lipinski definition) is 0. The van der Waals surface area contributed by atoms with Gasteiger partial charge in [0.2, 0.25) is 0 Å². The molecule has 2 atom stereocenters. The zero-order chi connectivity index (χ0) is 10.7. The van der Waals surface area contributed by atoms with Crippen LogP contribution in [-0.4, -0.2) is 31.9 Å². The van der Waals surface area contributed by atoms with E-state index in [0.29, 0.717) is 6.42 Å². The van der Waals surface area contributed by atoms with E-state index in [0.717, 1.165) is 0 Å². The van der Waals surface area contributed by atoms with Crippen LogP contribution in [0.25, 0.3) is 0 Å². The average molecular weight is 200 g/mol. The molecule has 5 heteroatoms.